The number of hydrogen-bond acceptors (Lipinski definition) is 7. The summed E-state index contributed by atoms with van der Waals surface area (Å²) in [5.41, 5.74) is 1.08. The van der Waals surface area contributed by atoms with Gasteiger partial charge in [-0.05, 0) is 25.2 Å². The zero-order chi connectivity index (χ0) is 24.6. The predicted molar refractivity (Wildman–Crippen MR) is 131 cm³/mol. The fourth-order valence-electron chi connectivity index (χ4n) is 3.84. The Morgan fingerprint density at radius 1 is 1.26 bits per heavy atom. The third-order valence-corrected chi connectivity index (χ3v) is 7.47. The van der Waals surface area contributed by atoms with Crippen molar-refractivity contribution in [3.63, 3.8) is 0 Å². The number of nitrogens with zero attached hydrogens (tertiary/aromatic N) is 6. The molecule has 4 heterocycles. The van der Waals surface area contributed by atoms with Crippen molar-refractivity contribution >= 4 is 34.0 Å². The van der Waals surface area contributed by atoms with Crippen LogP contribution in [0.25, 0.3) is 16.2 Å². The zero-order valence-electron chi connectivity index (χ0n) is 20.1. The quantitative estimate of drug-likeness (QED) is 0.563. The second-order valence-corrected chi connectivity index (χ2v) is 10.7. The molecule has 0 aromatic carbocycles. The second-order valence-electron chi connectivity index (χ2n) is 9.82. The molecule has 1 atom stereocenters. The third-order valence-electron chi connectivity index (χ3n) is 6.58. The Labute approximate surface area is 202 Å². The van der Waals surface area contributed by atoms with Crippen LogP contribution in [0.1, 0.15) is 51.0 Å². The third kappa shape index (κ3) is 4.84. The first-order chi connectivity index (χ1) is 16.0. The number of thiazole rings is 1. The number of carbonyl (C=O) groups is 2. The summed E-state index contributed by atoms with van der Waals surface area (Å²) >= 11 is 1.54. The second kappa shape index (κ2) is 9.21. The van der Waals surface area contributed by atoms with Gasteiger partial charge in [-0.15, -0.1) is 11.3 Å². The molecule has 1 aliphatic rings. The van der Waals surface area contributed by atoms with E-state index in [2.05, 4.69) is 43.1 Å². The number of carboxylic acid groups (broad SMARTS) is 1. The van der Waals surface area contributed by atoms with Gasteiger partial charge < -0.3 is 20.2 Å². The molecule has 4 rings (SSSR count). The largest absolute Gasteiger partial charge is 0.465 e. The van der Waals surface area contributed by atoms with Crippen molar-refractivity contribution in [2.75, 3.05) is 25.5 Å². The van der Waals surface area contributed by atoms with Gasteiger partial charge >= 0.3 is 6.09 Å². The molecule has 34 heavy (non-hydrogen) atoms. The maximum absolute atomic E-state index is 13.4. The molecule has 0 bridgehead atoms. The van der Waals surface area contributed by atoms with Crippen LogP contribution in [0.2, 0.25) is 0 Å². The van der Waals surface area contributed by atoms with E-state index in [0.717, 1.165) is 10.4 Å². The summed E-state index contributed by atoms with van der Waals surface area (Å²) in [4.78, 5) is 38.1. The molecule has 2 N–H and O–H groups in total. The number of amides is 2. The molecule has 0 radical (unpaired) electrons. The van der Waals surface area contributed by atoms with Crippen molar-refractivity contribution in [2.45, 2.75) is 52.6 Å². The van der Waals surface area contributed by atoms with E-state index in [1.54, 1.807) is 28.7 Å². The van der Waals surface area contributed by atoms with Crippen molar-refractivity contribution in [1.29, 1.82) is 0 Å². The van der Waals surface area contributed by atoms with Crippen LogP contribution in [0.3, 0.4) is 0 Å². The highest BCUT2D eigenvalue weighted by atomic mass is 32.1. The molecular weight excluding hydrogens is 454 g/mol. The Bertz CT molecular complexity index is 1190. The van der Waals surface area contributed by atoms with Crippen LogP contribution in [0.15, 0.2) is 23.8 Å². The summed E-state index contributed by atoms with van der Waals surface area (Å²) in [5, 5.41) is 19.0. The standard InChI is InChI=1S/C23H31N7O3S/c1-14(23(2,3)4)25-18-12-17(20(31)29-8-6-15(7-9-29)28(5)22(32)33)26-19(27-18)16-13-24-30-10-11-34-21(16)30/h10-15H,6-9H2,1-5H3,(H,32,33)(H,25,26,27)/t14-/m0/s1. The summed E-state index contributed by atoms with van der Waals surface area (Å²) in [5.74, 6) is 0.862. The molecule has 10 nitrogen and oxygen atoms in total. The van der Waals surface area contributed by atoms with Crippen molar-refractivity contribution in [2.24, 2.45) is 5.41 Å². The van der Waals surface area contributed by atoms with Crippen LogP contribution in [0, 0.1) is 5.41 Å². The summed E-state index contributed by atoms with van der Waals surface area (Å²) in [7, 11) is 1.58. The van der Waals surface area contributed by atoms with Gasteiger partial charge in [0.1, 0.15) is 16.3 Å². The Balaban J connectivity index is 1.63. The van der Waals surface area contributed by atoms with Crippen molar-refractivity contribution in [3.8, 4) is 11.4 Å². The first-order valence-electron chi connectivity index (χ1n) is 11.4. The van der Waals surface area contributed by atoms with Crippen LogP contribution in [0.5, 0.6) is 0 Å². The molecule has 0 saturated carbocycles. The lowest BCUT2D eigenvalue weighted by Gasteiger charge is -2.35. The fraction of sp³-hybridized carbons (Fsp3) is 0.522. The Kier molecular flexibility index (Phi) is 6.48. The minimum Gasteiger partial charge on any atom is -0.465 e. The van der Waals surface area contributed by atoms with Gasteiger partial charge in [0.2, 0.25) is 0 Å². The lowest BCUT2D eigenvalue weighted by molar-refractivity contribution is 0.0638. The number of nitrogens with one attached hydrogen (secondary N) is 1. The number of anilines is 1. The lowest BCUT2D eigenvalue weighted by Crippen LogP contribution is -2.47. The molecule has 0 unspecified atom stereocenters. The van der Waals surface area contributed by atoms with E-state index in [-0.39, 0.29) is 23.4 Å². The molecule has 0 spiro atoms. The number of likely N-dealkylation sites (tertiary alicyclic amines) is 1. The zero-order valence-corrected chi connectivity index (χ0v) is 21.0. The minimum atomic E-state index is -0.949. The van der Waals surface area contributed by atoms with Gasteiger partial charge in [0, 0.05) is 49.9 Å². The summed E-state index contributed by atoms with van der Waals surface area (Å²) in [6.45, 7) is 9.47. The molecule has 182 valence electrons. The van der Waals surface area contributed by atoms with E-state index >= 15 is 0 Å². The molecule has 0 aliphatic carbocycles. The monoisotopic (exact) mass is 485 g/mol. The maximum Gasteiger partial charge on any atom is 0.407 e. The van der Waals surface area contributed by atoms with E-state index < -0.39 is 6.09 Å². The van der Waals surface area contributed by atoms with Crippen LogP contribution < -0.4 is 5.32 Å². The van der Waals surface area contributed by atoms with E-state index in [4.69, 9.17) is 4.98 Å². The number of hydrogen-bond donors (Lipinski definition) is 2. The molecule has 2 amide bonds. The first-order valence-corrected chi connectivity index (χ1v) is 12.2. The van der Waals surface area contributed by atoms with E-state index in [9.17, 15) is 14.7 Å². The van der Waals surface area contributed by atoms with Gasteiger partial charge in [0.25, 0.3) is 5.91 Å². The lowest BCUT2D eigenvalue weighted by atomic mass is 9.88. The smallest absolute Gasteiger partial charge is 0.407 e. The molecule has 3 aromatic heterocycles. The van der Waals surface area contributed by atoms with Gasteiger partial charge in [0.15, 0.2) is 5.82 Å². The average molecular weight is 486 g/mol. The molecule has 1 saturated heterocycles. The van der Waals surface area contributed by atoms with Crippen LogP contribution in [-0.4, -0.2) is 78.7 Å². The Morgan fingerprint density at radius 2 is 1.97 bits per heavy atom. The van der Waals surface area contributed by atoms with Crippen molar-refractivity contribution < 1.29 is 14.7 Å². The van der Waals surface area contributed by atoms with Gasteiger partial charge in [-0.3, -0.25) is 4.79 Å². The summed E-state index contributed by atoms with van der Waals surface area (Å²) in [6.07, 6.45) is 3.84. The maximum atomic E-state index is 13.4. The number of aromatic nitrogens is 4. The highest BCUT2D eigenvalue weighted by molar-refractivity contribution is 7.16. The van der Waals surface area contributed by atoms with Gasteiger partial charge in [-0.2, -0.15) is 5.10 Å². The predicted octanol–water partition coefficient (Wildman–Crippen LogP) is 3.91. The van der Waals surface area contributed by atoms with Gasteiger partial charge in [0.05, 0.1) is 11.8 Å². The Morgan fingerprint density at radius 3 is 2.62 bits per heavy atom. The molecule has 11 heteroatoms. The molecule has 1 aliphatic heterocycles. The number of piperidine rings is 1. The van der Waals surface area contributed by atoms with E-state index in [1.807, 2.05) is 11.6 Å². The molecule has 3 aromatic rings. The highest BCUT2D eigenvalue weighted by Gasteiger charge is 2.29. The average Bonchev–Trinajstić information content (AvgIpc) is 3.41. The van der Waals surface area contributed by atoms with Crippen molar-refractivity contribution in [1.82, 2.24) is 29.4 Å². The number of rotatable bonds is 5. The van der Waals surface area contributed by atoms with Gasteiger partial charge in [-0.25, -0.2) is 19.3 Å². The summed E-state index contributed by atoms with van der Waals surface area (Å²) < 4.78 is 1.77. The SMILES string of the molecule is C[C@H](Nc1cc(C(=O)N2CCC(N(C)C(=O)O)CC2)nc(-c2cnn3ccsc23)n1)C(C)(C)C. The van der Waals surface area contributed by atoms with Crippen molar-refractivity contribution in [3.05, 3.63) is 29.5 Å². The van der Waals surface area contributed by atoms with Gasteiger partial charge in [-0.1, -0.05) is 20.8 Å². The Hall–Kier alpha value is -3.21. The van der Waals surface area contributed by atoms with E-state index in [0.29, 0.717) is 43.3 Å². The topological polar surface area (TPSA) is 116 Å². The van der Waals surface area contributed by atoms with Crippen LogP contribution in [-0.2, 0) is 0 Å². The summed E-state index contributed by atoms with van der Waals surface area (Å²) in [6, 6.07) is 1.72. The fourth-order valence-corrected chi connectivity index (χ4v) is 4.64. The highest BCUT2D eigenvalue weighted by Crippen LogP contribution is 2.28. The number of fused-ring (bicyclic) bond motifs is 1. The van der Waals surface area contributed by atoms with Crippen LogP contribution in [0.4, 0.5) is 10.6 Å². The minimum absolute atomic E-state index is 0.00787. The van der Waals surface area contributed by atoms with Crippen LogP contribution >= 0.6 is 11.3 Å². The first kappa shape index (κ1) is 23.9. The number of carbonyl (C=O) groups excluding carboxylic acids is 1. The van der Waals surface area contributed by atoms with E-state index in [1.165, 1.54) is 16.2 Å². The normalized spacial score (nSPS) is 16.0. The molecule has 1 fully saturated rings. The molecular formula is C23H31N7O3S.